The molecule has 0 heterocycles. The van der Waals surface area contributed by atoms with Gasteiger partial charge in [-0.25, -0.2) is 0 Å². The van der Waals surface area contributed by atoms with Crippen molar-refractivity contribution in [2.75, 3.05) is 20.1 Å². The summed E-state index contributed by atoms with van der Waals surface area (Å²) in [6.45, 7) is 3.48. The Hall–Kier alpha value is -1.69. The molecule has 2 aromatic rings. The van der Waals surface area contributed by atoms with Crippen LogP contribution in [0.15, 0.2) is 60.7 Å². The smallest absolute Gasteiger partial charge is 0.195 e. The van der Waals surface area contributed by atoms with Crippen LogP contribution in [-0.4, -0.2) is 37.2 Å². The molecule has 0 aliphatic carbocycles. The molecule has 0 amide bonds. The molecule has 136 valence electrons. The van der Waals surface area contributed by atoms with Crippen LogP contribution in [0.3, 0.4) is 0 Å². The zero-order chi connectivity index (χ0) is 18.1. The lowest BCUT2D eigenvalue weighted by Gasteiger charge is -2.27. The molecule has 0 saturated heterocycles. The first-order valence-corrected chi connectivity index (χ1v) is 10.2. The van der Waals surface area contributed by atoms with Crippen molar-refractivity contribution in [2.24, 2.45) is 0 Å². The van der Waals surface area contributed by atoms with Gasteiger partial charge in [0.25, 0.3) is 10.2 Å². The van der Waals surface area contributed by atoms with Gasteiger partial charge < -0.3 is 0 Å². The van der Waals surface area contributed by atoms with Crippen LogP contribution >= 0.6 is 0 Å². The van der Waals surface area contributed by atoms with Crippen molar-refractivity contribution < 1.29 is 8.42 Å². The van der Waals surface area contributed by atoms with E-state index < -0.39 is 10.2 Å². The molecular formula is C20H28N2O2S. The number of unbranched alkanes of at least 4 members (excludes halogenated alkanes) is 1. The maximum atomic E-state index is 13.0. The van der Waals surface area contributed by atoms with Gasteiger partial charge in [0, 0.05) is 26.7 Å². The Bertz CT molecular complexity index is 718. The lowest BCUT2D eigenvalue weighted by atomic mass is 10.1. The molecule has 0 radical (unpaired) electrons. The van der Waals surface area contributed by atoms with E-state index in [0.717, 1.165) is 24.0 Å². The largest absolute Gasteiger partial charge is 0.282 e. The van der Waals surface area contributed by atoms with Gasteiger partial charge >= 0.3 is 0 Å². The third-order valence-corrected chi connectivity index (χ3v) is 6.18. The topological polar surface area (TPSA) is 40.6 Å². The van der Waals surface area contributed by atoms with E-state index in [4.69, 9.17) is 0 Å². The van der Waals surface area contributed by atoms with Crippen LogP contribution in [0.5, 0.6) is 0 Å². The van der Waals surface area contributed by atoms with Crippen LogP contribution in [0.2, 0.25) is 0 Å². The van der Waals surface area contributed by atoms with Crippen LogP contribution < -0.4 is 0 Å². The second-order valence-electron chi connectivity index (χ2n) is 6.24. The number of hydrogen-bond donors (Lipinski definition) is 0. The molecule has 0 aliphatic rings. The summed E-state index contributed by atoms with van der Waals surface area (Å²) < 4.78 is 29.1. The molecule has 0 bridgehead atoms. The van der Waals surface area contributed by atoms with Gasteiger partial charge in [-0.05, 0) is 24.0 Å². The molecule has 0 N–H and O–H groups in total. The summed E-state index contributed by atoms with van der Waals surface area (Å²) >= 11 is 0. The molecule has 0 saturated carbocycles. The highest BCUT2D eigenvalue weighted by Gasteiger charge is 2.26. The fraction of sp³-hybridized carbons (Fsp3) is 0.400. The molecule has 25 heavy (non-hydrogen) atoms. The van der Waals surface area contributed by atoms with Crippen molar-refractivity contribution in [3.8, 4) is 0 Å². The Morgan fingerprint density at radius 3 is 1.96 bits per heavy atom. The van der Waals surface area contributed by atoms with E-state index in [1.165, 1.54) is 4.31 Å². The van der Waals surface area contributed by atoms with E-state index in [1.807, 2.05) is 60.7 Å². The first-order chi connectivity index (χ1) is 12.0. The van der Waals surface area contributed by atoms with Crippen LogP contribution in [0.1, 0.15) is 30.9 Å². The summed E-state index contributed by atoms with van der Waals surface area (Å²) in [6.07, 6.45) is 2.55. The van der Waals surface area contributed by atoms with E-state index in [9.17, 15) is 8.42 Å². The average molecular weight is 361 g/mol. The van der Waals surface area contributed by atoms with E-state index in [2.05, 4.69) is 6.92 Å². The highest BCUT2D eigenvalue weighted by atomic mass is 32.2. The normalized spacial score (nSPS) is 12.0. The third-order valence-electron chi connectivity index (χ3n) is 4.24. The predicted octanol–water partition coefficient (Wildman–Crippen LogP) is 3.71. The van der Waals surface area contributed by atoms with Crippen molar-refractivity contribution in [2.45, 2.75) is 32.7 Å². The first kappa shape index (κ1) is 19.6. The molecule has 0 fully saturated rings. The SMILES string of the molecule is CCCCN(C)S(=O)(=O)N(CCc1ccccc1)Cc1ccccc1. The van der Waals surface area contributed by atoms with E-state index in [-0.39, 0.29) is 0 Å². The van der Waals surface area contributed by atoms with E-state index >= 15 is 0 Å². The maximum Gasteiger partial charge on any atom is 0.282 e. The van der Waals surface area contributed by atoms with Gasteiger partial charge in [0.1, 0.15) is 0 Å². The molecule has 0 aromatic heterocycles. The fourth-order valence-corrected chi connectivity index (χ4v) is 4.04. The van der Waals surface area contributed by atoms with Crippen molar-refractivity contribution in [1.82, 2.24) is 8.61 Å². The van der Waals surface area contributed by atoms with E-state index in [1.54, 1.807) is 11.4 Å². The minimum absolute atomic E-state index is 0.395. The summed E-state index contributed by atoms with van der Waals surface area (Å²) in [5, 5.41) is 0. The number of rotatable bonds is 10. The molecular weight excluding hydrogens is 332 g/mol. The van der Waals surface area contributed by atoms with Gasteiger partial charge in [-0.1, -0.05) is 74.0 Å². The third kappa shape index (κ3) is 5.96. The molecule has 0 unspecified atom stereocenters. The minimum atomic E-state index is -3.47. The monoisotopic (exact) mass is 360 g/mol. The van der Waals surface area contributed by atoms with Gasteiger partial charge in [0.2, 0.25) is 0 Å². The molecule has 2 aromatic carbocycles. The molecule has 0 atom stereocenters. The predicted molar refractivity (Wildman–Crippen MR) is 103 cm³/mol. The highest BCUT2D eigenvalue weighted by Crippen LogP contribution is 2.14. The van der Waals surface area contributed by atoms with Crippen LogP contribution in [0, 0.1) is 0 Å². The number of hydrogen-bond acceptors (Lipinski definition) is 2. The molecule has 4 nitrogen and oxygen atoms in total. The summed E-state index contributed by atoms with van der Waals surface area (Å²) in [7, 11) is -1.80. The summed E-state index contributed by atoms with van der Waals surface area (Å²) in [5.41, 5.74) is 2.15. The first-order valence-electron chi connectivity index (χ1n) is 8.83. The Morgan fingerprint density at radius 1 is 0.840 bits per heavy atom. The van der Waals surface area contributed by atoms with Crippen molar-refractivity contribution in [3.05, 3.63) is 71.8 Å². The zero-order valence-corrected chi connectivity index (χ0v) is 16.0. The molecule has 0 aliphatic heterocycles. The lowest BCUT2D eigenvalue weighted by molar-refractivity contribution is 0.353. The van der Waals surface area contributed by atoms with E-state index in [0.29, 0.717) is 26.1 Å². The van der Waals surface area contributed by atoms with Crippen LogP contribution in [0.4, 0.5) is 0 Å². The van der Waals surface area contributed by atoms with Gasteiger partial charge in [0.15, 0.2) is 0 Å². The van der Waals surface area contributed by atoms with Gasteiger partial charge in [-0.3, -0.25) is 0 Å². The maximum absolute atomic E-state index is 13.0. The van der Waals surface area contributed by atoms with Crippen molar-refractivity contribution in [1.29, 1.82) is 0 Å². The quantitative estimate of drug-likeness (QED) is 0.648. The minimum Gasteiger partial charge on any atom is -0.195 e. The zero-order valence-electron chi connectivity index (χ0n) is 15.1. The molecule has 0 spiro atoms. The Labute approximate surface area is 152 Å². The number of benzene rings is 2. The molecule has 5 heteroatoms. The van der Waals surface area contributed by atoms with Crippen molar-refractivity contribution >= 4 is 10.2 Å². The van der Waals surface area contributed by atoms with Crippen LogP contribution in [0.25, 0.3) is 0 Å². The Morgan fingerprint density at radius 2 is 1.40 bits per heavy atom. The molecule has 2 rings (SSSR count). The van der Waals surface area contributed by atoms with Gasteiger partial charge in [-0.15, -0.1) is 0 Å². The van der Waals surface area contributed by atoms with Gasteiger partial charge in [-0.2, -0.15) is 17.0 Å². The second kappa shape index (κ2) is 9.70. The average Bonchev–Trinajstić information content (AvgIpc) is 2.64. The standard InChI is InChI=1S/C20H28N2O2S/c1-3-4-16-21(2)25(23,24)22(18-20-13-9-6-10-14-20)17-15-19-11-7-5-8-12-19/h5-14H,3-4,15-18H2,1-2H3. The summed E-state index contributed by atoms with van der Waals surface area (Å²) in [6, 6.07) is 19.8. The highest BCUT2D eigenvalue weighted by molar-refractivity contribution is 7.86. The number of nitrogens with zero attached hydrogens (tertiary/aromatic N) is 2. The Balaban J connectivity index is 2.15. The summed E-state index contributed by atoms with van der Waals surface area (Å²) in [4.78, 5) is 0. The second-order valence-corrected chi connectivity index (χ2v) is 8.27. The summed E-state index contributed by atoms with van der Waals surface area (Å²) in [5.74, 6) is 0. The van der Waals surface area contributed by atoms with Gasteiger partial charge in [0.05, 0.1) is 0 Å². The van der Waals surface area contributed by atoms with Crippen molar-refractivity contribution in [3.63, 3.8) is 0 Å². The fourth-order valence-electron chi connectivity index (χ4n) is 2.65. The lowest BCUT2D eigenvalue weighted by Crippen LogP contribution is -2.42. The van der Waals surface area contributed by atoms with Crippen LogP contribution in [-0.2, 0) is 23.2 Å². The Kier molecular flexibility index (Phi) is 7.62.